The van der Waals surface area contributed by atoms with Gasteiger partial charge in [0.25, 0.3) is 0 Å². The van der Waals surface area contributed by atoms with Gasteiger partial charge in [-0.3, -0.25) is 24.7 Å². The Labute approximate surface area is 250 Å². The fourth-order valence-corrected chi connectivity index (χ4v) is 6.29. The van der Waals surface area contributed by atoms with Crippen molar-refractivity contribution in [2.75, 3.05) is 19.3 Å². The van der Waals surface area contributed by atoms with Crippen LogP contribution in [-0.2, 0) is 13.1 Å². The molecule has 6 aromatic rings. The molecule has 0 aliphatic carbocycles. The number of hydrogen-bond acceptors (Lipinski definition) is 6. The van der Waals surface area contributed by atoms with Crippen LogP contribution in [-0.4, -0.2) is 66.1 Å². The topological polar surface area (TPSA) is 98.4 Å². The Bertz CT molecular complexity index is 2070. The van der Waals surface area contributed by atoms with Gasteiger partial charge in [0.05, 0.1) is 23.1 Å². The third-order valence-corrected chi connectivity index (χ3v) is 8.69. The minimum atomic E-state index is -1.42. The maximum atomic E-state index is 14.7. The average Bonchev–Trinajstić information content (AvgIpc) is 3.75. The molecule has 5 aromatic heterocycles. The number of nitrogens with one attached hydrogen (secondary N) is 3. The van der Waals surface area contributed by atoms with Crippen LogP contribution in [0, 0.1) is 5.82 Å². The van der Waals surface area contributed by atoms with Crippen molar-refractivity contribution in [1.82, 2.24) is 39.8 Å². The molecule has 0 radical (unpaired) electrons. The van der Waals surface area contributed by atoms with E-state index < -0.39 is 9.39 Å². The molecule has 0 unspecified atom stereocenters. The van der Waals surface area contributed by atoms with Crippen molar-refractivity contribution in [3.63, 3.8) is 0 Å². The van der Waals surface area contributed by atoms with Crippen molar-refractivity contribution >= 4 is 43.1 Å². The molecule has 1 aliphatic heterocycles. The molecule has 43 heavy (non-hydrogen) atoms. The Morgan fingerprint density at radius 2 is 1.67 bits per heavy atom. The third kappa shape index (κ3) is 5.81. The summed E-state index contributed by atoms with van der Waals surface area (Å²) in [5.41, 5.74) is 8.76. The van der Waals surface area contributed by atoms with Crippen molar-refractivity contribution in [1.29, 1.82) is 0 Å². The van der Waals surface area contributed by atoms with Crippen molar-refractivity contribution in [3.05, 3.63) is 84.3 Å². The summed E-state index contributed by atoms with van der Waals surface area (Å²) in [7, 11) is -1.42. The first kappa shape index (κ1) is 27.5. The molecule has 7 rings (SSSR count). The Balaban J connectivity index is 1.24. The van der Waals surface area contributed by atoms with Crippen molar-refractivity contribution in [2.45, 2.75) is 25.9 Å². The maximum absolute atomic E-state index is 14.7. The zero-order valence-electron chi connectivity index (χ0n) is 24.0. The Morgan fingerprint density at radius 3 is 2.51 bits per heavy atom. The van der Waals surface area contributed by atoms with E-state index in [1.807, 2.05) is 30.9 Å². The lowest BCUT2D eigenvalue weighted by molar-refractivity contribution is 0.331. The van der Waals surface area contributed by atoms with Gasteiger partial charge in [-0.05, 0) is 85.3 Å². The molecule has 0 spiro atoms. The van der Waals surface area contributed by atoms with Gasteiger partial charge in [0.2, 0.25) is 0 Å². The highest BCUT2D eigenvalue weighted by atomic mass is 32.2. The van der Waals surface area contributed by atoms with Crippen LogP contribution in [0.4, 0.5) is 4.39 Å². The van der Waals surface area contributed by atoms with E-state index in [4.69, 9.17) is 0 Å². The average molecular weight is 593 g/mol. The van der Waals surface area contributed by atoms with Gasteiger partial charge in [0.1, 0.15) is 5.82 Å². The first-order valence-electron chi connectivity index (χ1n) is 14.3. The normalized spacial score (nSPS) is 14.3. The number of halogens is 1. The van der Waals surface area contributed by atoms with E-state index in [-0.39, 0.29) is 5.82 Å². The van der Waals surface area contributed by atoms with E-state index in [1.54, 1.807) is 18.5 Å². The van der Waals surface area contributed by atoms with Crippen molar-refractivity contribution < 1.29 is 4.39 Å². The molecule has 1 fully saturated rings. The molecule has 1 aliphatic rings. The predicted octanol–water partition coefficient (Wildman–Crippen LogP) is 6.27. The number of pyridine rings is 3. The van der Waals surface area contributed by atoms with Crippen molar-refractivity contribution in [3.8, 4) is 33.6 Å². The number of H-pyrrole nitrogens is 2. The number of likely N-dealkylation sites (tertiary alicyclic amines) is 1. The molecule has 0 atom stereocenters. The highest BCUT2D eigenvalue weighted by Gasteiger charge is 2.17. The van der Waals surface area contributed by atoms with Gasteiger partial charge in [-0.25, -0.2) is 9.37 Å². The highest BCUT2D eigenvalue weighted by molar-refractivity contribution is 8.25. The minimum absolute atomic E-state index is 0.302. The number of fused-ring (bicyclic) bond motifs is 2. The molecule has 0 bridgehead atoms. The molecule has 1 aromatic carbocycles. The summed E-state index contributed by atoms with van der Waals surface area (Å²) in [6, 6.07) is 11.4. The van der Waals surface area contributed by atoms with Gasteiger partial charge in [-0.2, -0.15) is 14.5 Å². The smallest absolute Gasteiger partial charge is 0.181 e. The van der Waals surface area contributed by atoms with Crippen LogP contribution < -0.4 is 4.72 Å². The summed E-state index contributed by atoms with van der Waals surface area (Å²) >= 11 is 0. The van der Waals surface area contributed by atoms with Crippen LogP contribution in [0.5, 0.6) is 0 Å². The molecule has 0 amide bonds. The first-order valence-corrected chi connectivity index (χ1v) is 16.6. The number of hydrogen-bond donors (Lipinski definition) is 3. The van der Waals surface area contributed by atoms with Gasteiger partial charge in [0.15, 0.2) is 5.65 Å². The maximum Gasteiger partial charge on any atom is 0.181 e. The summed E-state index contributed by atoms with van der Waals surface area (Å²) in [5, 5.41) is 9.48. The fraction of sp³-hybridized carbons (Fsp3) is 0.212. The van der Waals surface area contributed by atoms with E-state index in [0.717, 1.165) is 75.1 Å². The fourth-order valence-electron chi connectivity index (χ4n) is 5.78. The van der Waals surface area contributed by atoms with Crippen LogP contribution in [0.25, 0.3) is 55.6 Å². The second-order valence-electron chi connectivity index (χ2n) is 11.5. The van der Waals surface area contributed by atoms with Gasteiger partial charge in [-0.1, -0.05) is 11.7 Å². The lowest BCUT2D eigenvalue weighted by Gasteiger charge is -2.14. The zero-order valence-corrected chi connectivity index (χ0v) is 24.8. The minimum Gasteiger partial charge on any atom is -0.352 e. The Kier molecular flexibility index (Phi) is 7.04. The third-order valence-electron chi connectivity index (χ3n) is 7.85. The van der Waals surface area contributed by atoms with Crippen molar-refractivity contribution in [2.24, 2.45) is 0 Å². The monoisotopic (exact) mass is 592 g/mol. The quantitative estimate of drug-likeness (QED) is 0.180. The van der Waals surface area contributed by atoms with Crippen LogP contribution >= 0.6 is 9.39 Å². The van der Waals surface area contributed by atoms with Crippen LogP contribution in [0.3, 0.4) is 0 Å². The van der Waals surface area contributed by atoms with Gasteiger partial charge < -0.3 is 4.98 Å². The van der Waals surface area contributed by atoms with Crippen LogP contribution in [0.1, 0.15) is 24.0 Å². The second kappa shape index (κ2) is 11.0. The highest BCUT2D eigenvalue weighted by Crippen LogP contribution is 2.35. The Morgan fingerprint density at radius 1 is 0.884 bits per heavy atom. The molecular weight excluding hydrogens is 559 g/mol. The van der Waals surface area contributed by atoms with Crippen LogP contribution in [0.2, 0.25) is 0 Å². The van der Waals surface area contributed by atoms with Gasteiger partial charge >= 0.3 is 0 Å². The number of nitrogens with zero attached hydrogens (tertiary/aromatic N) is 5. The van der Waals surface area contributed by atoms with Gasteiger partial charge in [0, 0.05) is 65.3 Å². The number of aromatic nitrogens is 6. The molecular formula is C33H33FN8S. The van der Waals surface area contributed by atoms with E-state index >= 15 is 0 Å². The molecule has 1 saturated heterocycles. The molecule has 10 heteroatoms. The van der Waals surface area contributed by atoms with E-state index in [2.05, 4.69) is 69.7 Å². The summed E-state index contributed by atoms with van der Waals surface area (Å²) in [5.74, 6) is 7.82. The van der Waals surface area contributed by atoms with Crippen LogP contribution in [0.15, 0.2) is 67.4 Å². The summed E-state index contributed by atoms with van der Waals surface area (Å²) in [6.45, 7) is 3.68. The molecule has 0 saturated carbocycles. The number of aromatic amines is 2. The molecule has 8 nitrogen and oxygen atoms in total. The lowest BCUT2D eigenvalue weighted by atomic mass is 10.0. The van der Waals surface area contributed by atoms with Gasteiger partial charge in [-0.15, -0.1) is 0 Å². The summed E-state index contributed by atoms with van der Waals surface area (Å²) in [4.78, 5) is 19.6. The first-order chi connectivity index (χ1) is 20.8. The van der Waals surface area contributed by atoms with E-state index in [9.17, 15) is 4.39 Å². The van der Waals surface area contributed by atoms with E-state index in [1.165, 1.54) is 24.5 Å². The summed E-state index contributed by atoms with van der Waals surface area (Å²) < 4.78 is 18.0. The molecule has 218 valence electrons. The second-order valence-corrected chi connectivity index (χ2v) is 14.4. The lowest BCUT2D eigenvalue weighted by Crippen LogP contribution is -2.18. The number of benzene rings is 1. The molecule has 3 N–H and O–H groups in total. The number of rotatable bonds is 8. The standard InChI is InChI=1S/C33H33FN8S/c1-43(2,3)38-15-21-8-23(11-26(34)10-21)29-18-36-19-31-27(29)13-30(39-31)32-28-12-25(17-37-33(28)41-40-32)24-9-22(14-35-16-24)20-42-6-4-5-7-42/h8-14,16-19,38-39H,1-2,4-7,15,20H2,3H3,(H,37,40,41). The molecule has 6 heterocycles. The Hall–Kier alpha value is -4.38. The zero-order chi connectivity index (χ0) is 29.6. The van der Waals surface area contributed by atoms with E-state index in [0.29, 0.717) is 12.2 Å². The SMILES string of the molecule is C=S(=C)(C)NCc1cc(F)cc(-c2cncc3[nH]c(-c4[nH]nc5ncc(-c6cncc(CN7CCCC7)c6)cc45)cc23)c1. The summed E-state index contributed by atoms with van der Waals surface area (Å²) in [6.07, 6.45) is 13.7. The predicted molar refractivity (Wildman–Crippen MR) is 177 cm³/mol. The largest absolute Gasteiger partial charge is 0.352 e.